The van der Waals surface area contributed by atoms with Crippen LogP contribution in [0.25, 0.3) is 0 Å². The average Bonchev–Trinajstić information content (AvgIpc) is 2.47. The first-order valence-corrected chi connectivity index (χ1v) is 9.29. The van der Waals surface area contributed by atoms with Gasteiger partial charge >= 0.3 is 21.7 Å². The second kappa shape index (κ2) is 6.80. The van der Waals surface area contributed by atoms with Crippen molar-refractivity contribution < 1.29 is 35.3 Å². The van der Waals surface area contributed by atoms with E-state index in [0.717, 1.165) is 6.07 Å². The number of benzene rings is 1. The minimum Gasteiger partial charge on any atom is -0.444 e. The van der Waals surface area contributed by atoms with E-state index in [4.69, 9.17) is 16.3 Å². The van der Waals surface area contributed by atoms with Crippen molar-refractivity contribution >= 4 is 27.8 Å². The lowest BCUT2D eigenvalue weighted by atomic mass is 9.99. The highest BCUT2D eigenvalue weighted by molar-refractivity contribution is 7.88. The molecule has 6 nitrogen and oxygen atoms in total. The quantitative estimate of drug-likeness (QED) is 0.541. The van der Waals surface area contributed by atoms with Crippen molar-refractivity contribution in [2.45, 2.75) is 44.8 Å². The molecule has 1 heterocycles. The van der Waals surface area contributed by atoms with Gasteiger partial charge in [0.1, 0.15) is 5.60 Å². The average molecular weight is 416 g/mol. The molecule has 0 N–H and O–H groups in total. The predicted octanol–water partition coefficient (Wildman–Crippen LogP) is 3.86. The van der Waals surface area contributed by atoms with Crippen LogP contribution in [-0.2, 0) is 27.8 Å². The van der Waals surface area contributed by atoms with Crippen molar-refractivity contribution in [2.24, 2.45) is 0 Å². The van der Waals surface area contributed by atoms with Crippen LogP contribution >= 0.6 is 11.6 Å². The summed E-state index contributed by atoms with van der Waals surface area (Å²) in [6.45, 7) is 5.53. The topological polar surface area (TPSA) is 72.9 Å². The number of alkyl halides is 3. The molecule has 0 saturated carbocycles. The number of carbonyl (C=O) groups excluding carboxylic acids is 1. The van der Waals surface area contributed by atoms with E-state index in [1.807, 2.05) is 0 Å². The van der Waals surface area contributed by atoms with E-state index in [2.05, 4.69) is 4.18 Å². The molecule has 0 aliphatic carbocycles. The Bertz CT molecular complexity index is 818. The zero-order valence-corrected chi connectivity index (χ0v) is 15.8. The molecule has 146 valence electrons. The number of ether oxygens (including phenoxy) is 1. The van der Waals surface area contributed by atoms with Crippen LogP contribution in [0.3, 0.4) is 0 Å². The third kappa shape index (κ3) is 4.53. The highest BCUT2D eigenvalue weighted by Crippen LogP contribution is 2.37. The van der Waals surface area contributed by atoms with Crippen LogP contribution in [0, 0.1) is 0 Å². The van der Waals surface area contributed by atoms with E-state index in [1.165, 1.54) is 11.0 Å². The molecular formula is C15H17ClF3NO5S. The molecule has 0 bridgehead atoms. The Kier molecular flexibility index (Phi) is 5.40. The number of hydrogen-bond acceptors (Lipinski definition) is 5. The number of halogens is 4. The van der Waals surface area contributed by atoms with Crippen LogP contribution in [0.5, 0.6) is 5.75 Å². The van der Waals surface area contributed by atoms with Gasteiger partial charge < -0.3 is 13.8 Å². The fraction of sp³-hybridized carbons (Fsp3) is 0.533. The fourth-order valence-corrected chi connectivity index (χ4v) is 3.13. The van der Waals surface area contributed by atoms with Crippen molar-refractivity contribution in [2.75, 3.05) is 6.54 Å². The van der Waals surface area contributed by atoms with Crippen LogP contribution in [0.2, 0.25) is 5.02 Å². The Balaban J connectivity index is 2.23. The monoisotopic (exact) mass is 415 g/mol. The van der Waals surface area contributed by atoms with Gasteiger partial charge in [0.05, 0.1) is 5.02 Å². The third-order valence-electron chi connectivity index (χ3n) is 3.43. The Hall–Kier alpha value is -1.68. The molecule has 1 aliphatic heterocycles. The summed E-state index contributed by atoms with van der Waals surface area (Å²) in [5, 5.41) is -0.223. The Labute approximate surface area is 153 Å². The zero-order valence-electron chi connectivity index (χ0n) is 14.2. The van der Waals surface area contributed by atoms with Gasteiger partial charge in [-0.15, -0.1) is 0 Å². The summed E-state index contributed by atoms with van der Waals surface area (Å²) in [7, 11) is -5.81. The fourth-order valence-electron chi connectivity index (χ4n) is 2.30. The first kappa shape index (κ1) is 20.6. The summed E-state index contributed by atoms with van der Waals surface area (Å²) < 4.78 is 69.0. The van der Waals surface area contributed by atoms with Crippen LogP contribution in [0.4, 0.5) is 18.0 Å². The maximum absolute atomic E-state index is 12.5. The molecule has 1 aromatic carbocycles. The van der Waals surface area contributed by atoms with Gasteiger partial charge in [0, 0.05) is 13.1 Å². The van der Waals surface area contributed by atoms with E-state index in [9.17, 15) is 26.4 Å². The third-order valence-corrected chi connectivity index (χ3v) is 4.81. The van der Waals surface area contributed by atoms with E-state index >= 15 is 0 Å². The maximum atomic E-state index is 12.5. The van der Waals surface area contributed by atoms with Gasteiger partial charge in [0.15, 0.2) is 5.75 Å². The van der Waals surface area contributed by atoms with Crippen LogP contribution in [-0.4, -0.2) is 37.1 Å². The van der Waals surface area contributed by atoms with Gasteiger partial charge in [0.25, 0.3) is 0 Å². The Morgan fingerprint density at radius 2 is 1.85 bits per heavy atom. The van der Waals surface area contributed by atoms with Gasteiger partial charge in [-0.2, -0.15) is 21.6 Å². The first-order valence-electron chi connectivity index (χ1n) is 7.50. The van der Waals surface area contributed by atoms with Gasteiger partial charge in [-0.25, -0.2) is 4.79 Å². The lowest BCUT2D eigenvalue weighted by Gasteiger charge is -2.31. The molecule has 0 saturated heterocycles. The molecule has 1 amide bonds. The lowest BCUT2D eigenvalue weighted by Crippen LogP contribution is -2.40. The van der Waals surface area contributed by atoms with E-state index in [1.54, 1.807) is 20.8 Å². The van der Waals surface area contributed by atoms with Crippen molar-refractivity contribution in [1.82, 2.24) is 4.90 Å². The molecule has 0 spiro atoms. The lowest BCUT2D eigenvalue weighted by molar-refractivity contribution is -0.0500. The van der Waals surface area contributed by atoms with E-state index in [0.29, 0.717) is 11.1 Å². The molecular weight excluding hydrogens is 399 g/mol. The summed E-state index contributed by atoms with van der Waals surface area (Å²) in [6, 6.07) is 2.40. The SMILES string of the molecule is CC(C)(C)OC(=O)N1CCc2c(ccc(OS(=O)(=O)C(F)(F)F)c2Cl)C1. The molecule has 0 aromatic heterocycles. The number of rotatable bonds is 2. The number of carbonyl (C=O) groups is 1. The standard InChI is InChI=1S/C15H17ClF3NO5S/c1-14(2,3)24-13(21)20-7-6-10-9(8-20)4-5-11(12(10)16)25-26(22,23)15(17,18)19/h4-5H,6-8H2,1-3H3. The van der Waals surface area contributed by atoms with Crippen molar-refractivity contribution in [3.8, 4) is 5.75 Å². The first-order chi connectivity index (χ1) is 11.7. The Morgan fingerprint density at radius 1 is 1.23 bits per heavy atom. The van der Waals surface area contributed by atoms with E-state index < -0.39 is 33.1 Å². The smallest absolute Gasteiger partial charge is 0.444 e. The molecule has 0 radical (unpaired) electrons. The number of hydrogen-bond donors (Lipinski definition) is 0. The summed E-state index contributed by atoms with van der Waals surface area (Å²) in [4.78, 5) is 13.5. The summed E-state index contributed by atoms with van der Waals surface area (Å²) in [6.07, 6.45) is -0.310. The van der Waals surface area contributed by atoms with Gasteiger partial charge in [0.2, 0.25) is 0 Å². The molecule has 1 aliphatic rings. The van der Waals surface area contributed by atoms with Crippen LogP contribution in [0.15, 0.2) is 12.1 Å². The molecule has 0 unspecified atom stereocenters. The van der Waals surface area contributed by atoms with Crippen molar-refractivity contribution in [3.63, 3.8) is 0 Å². The van der Waals surface area contributed by atoms with Gasteiger partial charge in [-0.3, -0.25) is 0 Å². The largest absolute Gasteiger partial charge is 0.534 e. The molecule has 26 heavy (non-hydrogen) atoms. The minimum atomic E-state index is -5.81. The second-order valence-electron chi connectivity index (χ2n) is 6.65. The normalized spacial score (nSPS) is 15.4. The Morgan fingerprint density at radius 3 is 2.38 bits per heavy atom. The number of nitrogens with zero attached hydrogens (tertiary/aromatic N) is 1. The molecule has 0 atom stereocenters. The highest BCUT2D eigenvalue weighted by Gasteiger charge is 2.49. The molecule has 11 heteroatoms. The zero-order chi connectivity index (χ0) is 19.9. The van der Waals surface area contributed by atoms with Crippen LogP contribution < -0.4 is 4.18 Å². The molecule has 0 fully saturated rings. The van der Waals surface area contributed by atoms with Crippen molar-refractivity contribution in [3.05, 3.63) is 28.3 Å². The molecule has 2 rings (SSSR count). The van der Waals surface area contributed by atoms with Gasteiger partial charge in [-0.05, 0) is 44.4 Å². The van der Waals surface area contributed by atoms with Crippen LogP contribution in [0.1, 0.15) is 31.9 Å². The molecule has 1 aromatic rings. The summed E-state index contributed by atoms with van der Waals surface area (Å²) >= 11 is 6.03. The number of amides is 1. The van der Waals surface area contributed by atoms with Gasteiger partial charge in [-0.1, -0.05) is 17.7 Å². The minimum absolute atomic E-state index is 0.135. The predicted molar refractivity (Wildman–Crippen MR) is 87.4 cm³/mol. The summed E-state index contributed by atoms with van der Waals surface area (Å²) in [5.74, 6) is -0.603. The van der Waals surface area contributed by atoms with E-state index in [-0.39, 0.29) is 24.5 Å². The number of fused-ring (bicyclic) bond motifs is 1. The van der Waals surface area contributed by atoms with Crippen molar-refractivity contribution in [1.29, 1.82) is 0 Å². The highest BCUT2D eigenvalue weighted by atomic mass is 35.5. The second-order valence-corrected chi connectivity index (χ2v) is 8.57. The summed E-state index contributed by atoms with van der Waals surface area (Å²) in [5.41, 5.74) is -5.22. The maximum Gasteiger partial charge on any atom is 0.534 e.